The molecule has 0 radical (unpaired) electrons. The topological polar surface area (TPSA) is 47.6 Å². The molecule has 0 aliphatic rings. The van der Waals surface area contributed by atoms with Gasteiger partial charge in [0, 0.05) is 11.0 Å². The van der Waals surface area contributed by atoms with E-state index in [1.54, 1.807) is 24.3 Å². The Balaban J connectivity index is 2.39. The standard InChI is InChI=1S/C13H16BrNO3/c1-2-9-18-13(16)15-11-4-6-12(7-5-11)17-10-3-8-14/h2,4-7H,1,3,8-10H2,(H,15,16). The summed E-state index contributed by atoms with van der Waals surface area (Å²) in [5, 5.41) is 3.52. The second kappa shape index (κ2) is 8.58. The molecule has 1 rings (SSSR count). The van der Waals surface area contributed by atoms with Crippen LogP contribution in [0.2, 0.25) is 0 Å². The number of benzene rings is 1. The number of anilines is 1. The lowest BCUT2D eigenvalue weighted by atomic mass is 10.3. The number of carbonyl (C=O) groups is 1. The van der Waals surface area contributed by atoms with Crippen molar-refractivity contribution < 1.29 is 14.3 Å². The van der Waals surface area contributed by atoms with Crippen molar-refractivity contribution in [2.45, 2.75) is 6.42 Å². The van der Waals surface area contributed by atoms with Gasteiger partial charge in [0.15, 0.2) is 0 Å². The molecule has 0 saturated heterocycles. The number of rotatable bonds is 7. The molecule has 4 nitrogen and oxygen atoms in total. The molecule has 0 heterocycles. The summed E-state index contributed by atoms with van der Waals surface area (Å²) in [7, 11) is 0. The first-order chi connectivity index (χ1) is 8.76. The summed E-state index contributed by atoms with van der Waals surface area (Å²) in [6, 6.07) is 7.13. The van der Waals surface area contributed by atoms with Crippen molar-refractivity contribution in [3.05, 3.63) is 36.9 Å². The molecule has 1 N–H and O–H groups in total. The van der Waals surface area contributed by atoms with E-state index in [1.165, 1.54) is 6.08 Å². The highest BCUT2D eigenvalue weighted by Crippen LogP contribution is 2.16. The van der Waals surface area contributed by atoms with Crippen LogP contribution in [-0.2, 0) is 4.74 Å². The quantitative estimate of drug-likeness (QED) is 0.475. The molecule has 0 aromatic heterocycles. The van der Waals surface area contributed by atoms with E-state index in [4.69, 9.17) is 9.47 Å². The molecule has 0 atom stereocenters. The van der Waals surface area contributed by atoms with Crippen LogP contribution in [-0.4, -0.2) is 24.6 Å². The molecule has 1 aromatic rings. The number of hydrogen-bond donors (Lipinski definition) is 1. The third kappa shape index (κ3) is 5.72. The monoisotopic (exact) mass is 313 g/mol. The summed E-state index contributed by atoms with van der Waals surface area (Å²) in [5.74, 6) is 0.779. The number of amides is 1. The molecule has 0 unspecified atom stereocenters. The van der Waals surface area contributed by atoms with Gasteiger partial charge in [-0.05, 0) is 30.7 Å². The van der Waals surface area contributed by atoms with E-state index < -0.39 is 6.09 Å². The zero-order valence-corrected chi connectivity index (χ0v) is 11.6. The second-order valence-electron chi connectivity index (χ2n) is 3.43. The van der Waals surface area contributed by atoms with Crippen molar-refractivity contribution in [1.29, 1.82) is 0 Å². The summed E-state index contributed by atoms with van der Waals surface area (Å²) in [4.78, 5) is 11.2. The minimum absolute atomic E-state index is 0.194. The number of hydrogen-bond acceptors (Lipinski definition) is 3. The van der Waals surface area contributed by atoms with Crippen molar-refractivity contribution in [2.24, 2.45) is 0 Å². The lowest BCUT2D eigenvalue weighted by Gasteiger charge is -2.07. The lowest BCUT2D eigenvalue weighted by Crippen LogP contribution is -2.13. The molecule has 18 heavy (non-hydrogen) atoms. The van der Waals surface area contributed by atoms with Gasteiger partial charge in [0.1, 0.15) is 12.4 Å². The molecule has 98 valence electrons. The van der Waals surface area contributed by atoms with E-state index in [0.29, 0.717) is 12.3 Å². The van der Waals surface area contributed by atoms with Gasteiger partial charge >= 0.3 is 6.09 Å². The van der Waals surface area contributed by atoms with Gasteiger partial charge in [0.2, 0.25) is 0 Å². The van der Waals surface area contributed by atoms with E-state index >= 15 is 0 Å². The van der Waals surface area contributed by atoms with Crippen molar-refractivity contribution in [2.75, 3.05) is 23.9 Å². The van der Waals surface area contributed by atoms with Crippen molar-refractivity contribution in [3.8, 4) is 5.75 Å². The van der Waals surface area contributed by atoms with Crippen LogP contribution in [0.4, 0.5) is 10.5 Å². The zero-order valence-electron chi connectivity index (χ0n) is 10.0. The maximum atomic E-state index is 11.2. The Morgan fingerprint density at radius 2 is 2.11 bits per heavy atom. The predicted molar refractivity (Wildman–Crippen MR) is 75.5 cm³/mol. The highest BCUT2D eigenvalue weighted by Gasteiger charge is 2.02. The maximum absolute atomic E-state index is 11.2. The van der Waals surface area contributed by atoms with Crippen LogP contribution in [0.3, 0.4) is 0 Å². The molecule has 5 heteroatoms. The molecule has 1 aromatic carbocycles. The number of carbonyl (C=O) groups excluding carboxylic acids is 1. The first-order valence-corrected chi connectivity index (χ1v) is 6.72. The van der Waals surface area contributed by atoms with E-state index in [9.17, 15) is 4.79 Å². The SMILES string of the molecule is C=CCOC(=O)Nc1ccc(OCCCBr)cc1. The maximum Gasteiger partial charge on any atom is 0.411 e. The molecule has 0 saturated carbocycles. The lowest BCUT2D eigenvalue weighted by molar-refractivity contribution is 0.174. The summed E-state index contributed by atoms with van der Waals surface area (Å²) in [5.41, 5.74) is 0.664. The van der Waals surface area contributed by atoms with Crippen LogP contribution >= 0.6 is 15.9 Å². The fraction of sp³-hybridized carbons (Fsp3) is 0.308. The van der Waals surface area contributed by atoms with Gasteiger partial charge in [0.05, 0.1) is 6.61 Å². The molecule has 0 bridgehead atoms. The fourth-order valence-corrected chi connectivity index (χ4v) is 1.40. The van der Waals surface area contributed by atoms with E-state index in [2.05, 4.69) is 27.8 Å². The Morgan fingerprint density at radius 3 is 2.72 bits per heavy atom. The molecule has 0 aliphatic heterocycles. The highest BCUT2D eigenvalue weighted by molar-refractivity contribution is 9.09. The molecule has 0 fully saturated rings. The van der Waals surface area contributed by atoms with Gasteiger partial charge in [0.25, 0.3) is 0 Å². The Kier molecular flexibility index (Phi) is 6.94. The average Bonchev–Trinajstić information content (AvgIpc) is 2.39. The number of ether oxygens (including phenoxy) is 2. The minimum Gasteiger partial charge on any atom is -0.494 e. The highest BCUT2D eigenvalue weighted by atomic mass is 79.9. The summed E-state index contributed by atoms with van der Waals surface area (Å²) in [6.07, 6.45) is 1.97. The van der Waals surface area contributed by atoms with Gasteiger partial charge < -0.3 is 9.47 Å². The smallest absolute Gasteiger partial charge is 0.411 e. The zero-order chi connectivity index (χ0) is 13.2. The van der Waals surface area contributed by atoms with E-state index in [1.807, 2.05) is 0 Å². The summed E-state index contributed by atoms with van der Waals surface area (Å²) >= 11 is 3.33. The minimum atomic E-state index is -0.497. The van der Waals surface area contributed by atoms with Gasteiger partial charge in [-0.2, -0.15) is 0 Å². The number of halogens is 1. The predicted octanol–water partition coefficient (Wildman–Crippen LogP) is 3.58. The second-order valence-corrected chi connectivity index (χ2v) is 4.22. The number of alkyl halides is 1. The van der Waals surface area contributed by atoms with Crippen molar-refractivity contribution in [3.63, 3.8) is 0 Å². The summed E-state index contributed by atoms with van der Waals surface area (Å²) < 4.78 is 10.3. The average molecular weight is 314 g/mol. The van der Waals surface area contributed by atoms with Crippen LogP contribution < -0.4 is 10.1 Å². The van der Waals surface area contributed by atoms with Crippen molar-refractivity contribution in [1.82, 2.24) is 0 Å². The van der Waals surface area contributed by atoms with Gasteiger partial charge in [-0.15, -0.1) is 0 Å². The van der Waals surface area contributed by atoms with Crippen molar-refractivity contribution >= 4 is 27.7 Å². The molecular weight excluding hydrogens is 298 g/mol. The fourth-order valence-electron chi connectivity index (χ4n) is 1.17. The molecule has 0 spiro atoms. The molecule has 1 amide bonds. The first-order valence-electron chi connectivity index (χ1n) is 5.59. The third-order valence-electron chi connectivity index (χ3n) is 1.98. The van der Waals surface area contributed by atoms with Crippen LogP contribution in [0.15, 0.2) is 36.9 Å². The van der Waals surface area contributed by atoms with E-state index in [0.717, 1.165) is 17.5 Å². The Bertz CT molecular complexity index is 378. The first kappa shape index (κ1) is 14.6. The Morgan fingerprint density at radius 1 is 1.39 bits per heavy atom. The normalized spacial score (nSPS) is 9.61. The molecule has 0 aliphatic carbocycles. The van der Waals surface area contributed by atoms with Gasteiger partial charge in [-0.25, -0.2) is 4.79 Å². The van der Waals surface area contributed by atoms with Gasteiger partial charge in [-0.1, -0.05) is 28.6 Å². The van der Waals surface area contributed by atoms with Gasteiger partial charge in [-0.3, -0.25) is 5.32 Å². The van der Waals surface area contributed by atoms with Crippen LogP contribution in [0.1, 0.15) is 6.42 Å². The molecular formula is C13H16BrNO3. The largest absolute Gasteiger partial charge is 0.494 e. The Labute approximate surface area is 115 Å². The van der Waals surface area contributed by atoms with E-state index in [-0.39, 0.29) is 6.61 Å². The summed E-state index contributed by atoms with van der Waals surface area (Å²) in [6.45, 7) is 4.32. The van der Waals surface area contributed by atoms with Crippen LogP contribution in [0.5, 0.6) is 5.75 Å². The van der Waals surface area contributed by atoms with Crippen LogP contribution in [0.25, 0.3) is 0 Å². The third-order valence-corrected chi connectivity index (χ3v) is 2.54. The number of nitrogens with one attached hydrogen (secondary N) is 1. The Hall–Kier alpha value is -1.49. The van der Waals surface area contributed by atoms with Crippen LogP contribution in [0, 0.1) is 0 Å².